The first-order valence-corrected chi connectivity index (χ1v) is 26.0. The second-order valence-corrected chi connectivity index (χ2v) is 17.8. The SMILES string of the molecule is CCCCCCCCCCCCCCCCCCCCCCCCCC(=O)OCC(COC(=O)CCCCCCCCC)OC(=O)CCCCCCCCCCCC. The summed E-state index contributed by atoms with van der Waals surface area (Å²) in [7, 11) is 0. The molecule has 0 aliphatic rings. The Bertz CT molecular complexity index is 859. The summed E-state index contributed by atoms with van der Waals surface area (Å²) in [5.74, 6) is -0.854. The summed E-state index contributed by atoms with van der Waals surface area (Å²) in [6.07, 6.45) is 51.2. The van der Waals surface area contributed by atoms with Crippen molar-refractivity contribution in [3.63, 3.8) is 0 Å². The summed E-state index contributed by atoms with van der Waals surface area (Å²) in [4.78, 5) is 37.7. The van der Waals surface area contributed by atoms with Gasteiger partial charge in [0.2, 0.25) is 0 Å². The van der Waals surface area contributed by atoms with Gasteiger partial charge in [-0.15, -0.1) is 0 Å². The molecule has 0 radical (unpaired) electrons. The molecule has 1 atom stereocenters. The molecule has 0 saturated carbocycles. The molecule has 0 aliphatic carbocycles. The van der Waals surface area contributed by atoms with Crippen LogP contribution in [-0.4, -0.2) is 37.2 Å². The van der Waals surface area contributed by atoms with Crippen molar-refractivity contribution in [1.29, 1.82) is 0 Å². The lowest BCUT2D eigenvalue weighted by Crippen LogP contribution is -2.30. The van der Waals surface area contributed by atoms with Crippen molar-refractivity contribution in [3.8, 4) is 0 Å². The molecule has 0 N–H and O–H groups in total. The topological polar surface area (TPSA) is 78.9 Å². The molecule has 0 aromatic carbocycles. The Hall–Kier alpha value is -1.59. The van der Waals surface area contributed by atoms with Gasteiger partial charge in [0.25, 0.3) is 0 Å². The maximum Gasteiger partial charge on any atom is 0.306 e. The summed E-state index contributed by atoms with van der Waals surface area (Å²) in [6.45, 7) is 6.62. The van der Waals surface area contributed by atoms with Crippen molar-refractivity contribution in [1.82, 2.24) is 0 Å². The third-order valence-corrected chi connectivity index (χ3v) is 11.9. The number of esters is 3. The Morgan fingerprint density at radius 2 is 0.466 bits per heavy atom. The maximum atomic E-state index is 12.7. The molecule has 0 spiro atoms. The van der Waals surface area contributed by atoms with E-state index in [2.05, 4.69) is 20.8 Å². The van der Waals surface area contributed by atoms with E-state index in [4.69, 9.17) is 14.2 Å². The van der Waals surface area contributed by atoms with Crippen LogP contribution in [0.25, 0.3) is 0 Å². The third-order valence-electron chi connectivity index (χ3n) is 11.9. The average Bonchev–Trinajstić information content (AvgIpc) is 3.22. The molecule has 0 amide bonds. The Morgan fingerprint density at radius 3 is 0.690 bits per heavy atom. The molecular weight excluding hydrogens is 721 g/mol. The molecule has 0 rings (SSSR count). The predicted octanol–water partition coefficient (Wildman–Crippen LogP) is 16.8. The van der Waals surface area contributed by atoms with Crippen LogP contribution in [0.15, 0.2) is 0 Å². The summed E-state index contributed by atoms with van der Waals surface area (Å²) >= 11 is 0. The van der Waals surface area contributed by atoms with Gasteiger partial charge in [-0.05, 0) is 19.3 Å². The minimum absolute atomic E-state index is 0.0628. The zero-order valence-electron chi connectivity index (χ0n) is 39.3. The van der Waals surface area contributed by atoms with Crippen molar-refractivity contribution >= 4 is 17.9 Å². The van der Waals surface area contributed by atoms with Gasteiger partial charge in [-0.2, -0.15) is 0 Å². The molecule has 0 aliphatic heterocycles. The Labute approximate surface area is 361 Å². The highest BCUT2D eigenvalue weighted by Crippen LogP contribution is 2.17. The number of hydrogen-bond acceptors (Lipinski definition) is 6. The van der Waals surface area contributed by atoms with Gasteiger partial charge < -0.3 is 14.2 Å². The fourth-order valence-electron chi connectivity index (χ4n) is 7.92. The molecule has 6 heteroatoms. The number of ether oxygens (including phenoxy) is 3. The minimum atomic E-state index is -0.757. The molecule has 0 aromatic rings. The normalized spacial score (nSPS) is 11.8. The summed E-state index contributed by atoms with van der Waals surface area (Å²) in [5.41, 5.74) is 0. The Kier molecular flexibility index (Phi) is 46.8. The first-order chi connectivity index (χ1) is 28.5. The lowest BCUT2D eigenvalue weighted by molar-refractivity contribution is -0.167. The van der Waals surface area contributed by atoms with E-state index in [0.717, 1.165) is 57.8 Å². The van der Waals surface area contributed by atoms with Gasteiger partial charge >= 0.3 is 17.9 Å². The number of rotatable bonds is 48. The number of hydrogen-bond donors (Lipinski definition) is 0. The van der Waals surface area contributed by atoms with E-state index >= 15 is 0 Å². The fraction of sp³-hybridized carbons (Fsp3) is 0.942. The van der Waals surface area contributed by atoms with Crippen molar-refractivity contribution in [2.24, 2.45) is 0 Å². The molecule has 0 fully saturated rings. The largest absolute Gasteiger partial charge is 0.462 e. The molecule has 1 unspecified atom stereocenters. The van der Waals surface area contributed by atoms with Gasteiger partial charge in [-0.1, -0.05) is 258 Å². The van der Waals surface area contributed by atoms with Crippen molar-refractivity contribution in [2.75, 3.05) is 13.2 Å². The van der Waals surface area contributed by atoms with Crippen LogP contribution in [0.5, 0.6) is 0 Å². The molecule has 0 bridgehead atoms. The standard InChI is InChI=1S/C52H100O6/c1-4-7-10-13-16-18-20-21-22-23-24-25-26-27-28-29-30-31-32-34-36-39-42-45-51(54)57-48-49(47-56-50(53)44-41-38-35-15-12-9-6-3)58-52(55)46-43-40-37-33-19-17-14-11-8-5-2/h49H,4-48H2,1-3H3. The highest BCUT2D eigenvalue weighted by molar-refractivity contribution is 5.71. The van der Waals surface area contributed by atoms with E-state index < -0.39 is 6.10 Å². The molecule has 6 nitrogen and oxygen atoms in total. The zero-order valence-corrected chi connectivity index (χ0v) is 39.3. The van der Waals surface area contributed by atoms with Crippen molar-refractivity contribution < 1.29 is 28.6 Å². The van der Waals surface area contributed by atoms with Crippen molar-refractivity contribution in [2.45, 2.75) is 303 Å². The minimum Gasteiger partial charge on any atom is -0.462 e. The second-order valence-electron chi connectivity index (χ2n) is 17.8. The van der Waals surface area contributed by atoms with Crippen LogP contribution in [0.2, 0.25) is 0 Å². The van der Waals surface area contributed by atoms with E-state index in [-0.39, 0.29) is 31.1 Å². The Balaban J connectivity index is 4.04. The van der Waals surface area contributed by atoms with Gasteiger partial charge in [-0.3, -0.25) is 14.4 Å². The smallest absolute Gasteiger partial charge is 0.306 e. The first kappa shape index (κ1) is 56.4. The van der Waals surface area contributed by atoms with Crippen LogP contribution < -0.4 is 0 Å². The number of carbonyl (C=O) groups excluding carboxylic acids is 3. The van der Waals surface area contributed by atoms with Gasteiger partial charge in [0.05, 0.1) is 0 Å². The maximum absolute atomic E-state index is 12.7. The quantitative estimate of drug-likeness (QED) is 0.0346. The van der Waals surface area contributed by atoms with E-state index in [0.29, 0.717) is 19.3 Å². The van der Waals surface area contributed by atoms with Crippen LogP contribution in [0.3, 0.4) is 0 Å². The fourth-order valence-corrected chi connectivity index (χ4v) is 7.92. The predicted molar refractivity (Wildman–Crippen MR) is 247 cm³/mol. The van der Waals surface area contributed by atoms with E-state index in [1.165, 1.54) is 199 Å². The van der Waals surface area contributed by atoms with Crippen LogP contribution >= 0.6 is 0 Å². The van der Waals surface area contributed by atoms with Gasteiger partial charge in [0.15, 0.2) is 6.10 Å². The monoisotopic (exact) mass is 821 g/mol. The first-order valence-electron chi connectivity index (χ1n) is 26.0. The van der Waals surface area contributed by atoms with E-state index in [9.17, 15) is 14.4 Å². The number of unbranched alkanes of at least 4 members (excludes halogenated alkanes) is 37. The van der Waals surface area contributed by atoms with Crippen LogP contribution in [0.1, 0.15) is 297 Å². The van der Waals surface area contributed by atoms with Crippen LogP contribution in [-0.2, 0) is 28.6 Å². The van der Waals surface area contributed by atoms with Gasteiger partial charge in [-0.25, -0.2) is 0 Å². The zero-order chi connectivity index (χ0) is 42.3. The Morgan fingerprint density at radius 1 is 0.276 bits per heavy atom. The molecule has 0 aromatic heterocycles. The summed E-state index contributed by atoms with van der Waals surface area (Å²) in [5, 5.41) is 0. The van der Waals surface area contributed by atoms with Crippen LogP contribution in [0, 0.1) is 0 Å². The molecule has 344 valence electrons. The highest BCUT2D eigenvalue weighted by atomic mass is 16.6. The van der Waals surface area contributed by atoms with E-state index in [1.807, 2.05) is 0 Å². The molecule has 58 heavy (non-hydrogen) atoms. The lowest BCUT2D eigenvalue weighted by Gasteiger charge is -2.18. The average molecular weight is 821 g/mol. The highest BCUT2D eigenvalue weighted by Gasteiger charge is 2.19. The van der Waals surface area contributed by atoms with Gasteiger partial charge in [0.1, 0.15) is 13.2 Å². The van der Waals surface area contributed by atoms with Crippen LogP contribution in [0.4, 0.5) is 0 Å². The van der Waals surface area contributed by atoms with E-state index in [1.54, 1.807) is 0 Å². The molecule has 0 saturated heterocycles. The summed E-state index contributed by atoms with van der Waals surface area (Å²) < 4.78 is 16.7. The molecular formula is C52H100O6. The molecule has 0 heterocycles. The number of carbonyl (C=O) groups is 3. The van der Waals surface area contributed by atoms with Gasteiger partial charge in [0, 0.05) is 19.3 Å². The second kappa shape index (κ2) is 48.1. The lowest BCUT2D eigenvalue weighted by atomic mass is 10.0. The third kappa shape index (κ3) is 45.5. The summed E-state index contributed by atoms with van der Waals surface area (Å²) in [6, 6.07) is 0. The van der Waals surface area contributed by atoms with Crippen molar-refractivity contribution in [3.05, 3.63) is 0 Å².